The Morgan fingerprint density at radius 1 is 0.958 bits per heavy atom. The van der Waals surface area contributed by atoms with Gasteiger partial charge in [-0.15, -0.1) is 0 Å². The first-order valence-electron chi connectivity index (χ1n) is 6.84. The summed E-state index contributed by atoms with van der Waals surface area (Å²) in [5, 5.41) is 13.1. The highest BCUT2D eigenvalue weighted by molar-refractivity contribution is 5.60. The van der Waals surface area contributed by atoms with Crippen molar-refractivity contribution in [3.63, 3.8) is 0 Å². The number of benzene rings is 2. The predicted octanol–water partition coefficient (Wildman–Crippen LogP) is 4.05. The smallest absolute Gasteiger partial charge is 0.422 e. The van der Waals surface area contributed by atoms with Gasteiger partial charge in [-0.05, 0) is 48.5 Å². The van der Waals surface area contributed by atoms with E-state index in [0.717, 1.165) is 0 Å². The van der Waals surface area contributed by atoms with Gasteiger partial charge in [-0.2, -0.15) is 18.2 Å². The fourth-order valence-corrected chi connectivity index (χ4v) is 1.93. The summed E-state index contributed by atoms with van der Waals surface area (Å²) in [6.07, 6.45) is -4.38. The number of nitrogens with zero attached hydrogens (tertiary/aromatic N) is 2. The number of ether oxygens (including phenoxy) is 1. The van der Waals surface area contributed by atoms with Crippen LogP contribution in [0.15, 0.2) is 53.1 Å². The third-order valence-corrected chi connectivity index (χ3v) is 3.06. The second kappa shape index (κ2) is 6.23. The molecule has 0 spiro atoms. The van der Waals surface area contributed by atoms with Crippen molar-refractivity contribution in [2.75, 3.05) is 6.61 Å². The van der Waals surface area contributed by atoms with Crippen molar-refractivity contribution in [1.29, 1.82) is 0 Å². The molecule has 2 aromatic carbocycles. The molecule has 0 aliphatic carbocycles. The van der Waals surface area contributed by atoms with E-state index in [1.165, 1.54) is 36.4 Å². The van der Waals surface area contributed by atoms with Crippen LogP contribution in [0.1, 0.15) is 0 Å². The van der Waals surface area contributed by atoms with Gasteiger partial charge in [0.15, 0.2) is 6.61 Å². The van der Waals surface area contributed by atoms with Crippen LogP contribution >= 0.6 is 0 Å². The Hall–Kier alpha value is -3.03. The molecule has 0 aliphatic heterocycles. The third-order valence-electron chi connectivity index (χ3n) is 3.06. The Bertz CT molecular complexity index is 812. The molecule has 0 fully saturated rings. The summed E-state index contributed by atoms with van der Waals surface area (Å²) in [5.41, 5.74) is 1.21. The van der Waals surface area contributed by atoms with Crippen LogP contribution in [0, 0.1) is 0 Å². The van der Waals surface area contributed by atoms with Crippen molar-refractivity contribution in [2.24, 2.45) is 0 Å². The van der Waals surface area contributed by atoms with Crippen molar-refractivity contribution in [1.82, 2.24) is 10.1 Å². The molecule has 0 saturated carbocycles. The highest BCUT2D eigenvalue weighted by Crippen LogP contribution is 2.25. The first-order valence-corrected chi connectivity index (χ1v) is 6.84. The summed E-state index contributed by atoms with van der Waals surface area (Å²) >= 11 is 0. The van der Waals surface area contributed by atoms with Gasteiger partial charge in [-0.1, -0.05) is 5.16 Å². The first kappa shape index (κ1) is 15.9. The van der Waals surface area contributed by atoms with Crippen molar-refractivity contribution in [3.05, 3.63) is 48.5 Å². The van der Waals surface area contributed by atoms with Gasteiger partial charge in [0.1, 0.15) is 11.5 Å². The molecular weight excluding hydrogens is 325 g/mol. The van der Waals surface area contributed by atoms with Gasteiger partial charge in [0, 0.05) is 11.1 Å². The molecule has 0 amide bonds. The quantitative estimate of drug-likeness (QED) is 0.778. The van der Waals surface area contributed by atoms with Crippen LogP contribution in [-0.2, 0) is 0 Å². The van der Waals surface area contributed by atoms with Crippen LogP contribution in [0.2, 0.25) is 0 Å². The minimum Gasteiger partial charge on any atom is -0.508 e. The summed E-state index contributed by atoms with van der Waals surface area (Å²) in [4.78, 5) is 4.22. The number of aromatic hydroxyl groups is 1. The number of hydrogen-bond donors (Lipinski definition) is 1. The molecule has 0 radical (unpaired) electrons. The highest BCUT2D eigenvalue weighted by atomic mass is 19.4. The Morgan fingerprint density at radius 2 is 1.58 bits per heavy atom. The third kappa shape index (κ3) is 3.83. The maximum Gasteiger partial charge on any atom is 0.422 e. The minimum atomic E-state index is -4.38. The summed E-state index contributed by atoms with van der Waals surface area (Å²) in [5.74, 6) is 0.772. The van der Waals surface area contributed by atoms with E-state index in [0.29, 0.717) is 17.0 Å². The number of phenolic OH excluding ortho intramolecular Hbond substituents is 1. The molecule has 0 unspecified atom stereocenters. The topological polar surface area (TPSA) is 68.4 Å². The number of halogens is 3. The van der Waals surface area contributed by atoms with E-state index >= 15 is 0 Å². The zero-order valence-electron chi connectivity index (χ0n) is 12.1. The number of phenols is 1. The average molecular weight is 336 g/mol. The Labute approximate surface area is 134 Å². The maximum atomic E-state index is 12.1. The van der Waals surface area contributed by atoms with Gasteiger partial charge in [-0.25, -0.2) is 0 Å². The summed E-state index contributed by atoms with van der Waals surface area (Å²) in [6, 6.07) is 12.1. The molecule has 0 saturated heterocycles. The lowest BCUT2D eigenvalue weighted by Crippen LogP contribution is -2.19. The van der Waals surface area contributed by atoms with Crippen LogP contribution in [0.3, 0.4) is 0 Å². The SMILES string of the molecule is Oc1ccc(-c2nc(-c3ccc(OCC(F)(F)F)cc3)no2)cc1. The van der Waals surface area contributed by atoms with Crippen molar-refractivity contribution in [2.45, 2.75) is 6.18 Å². The molecular formula is C16H11F3N2O3. The van der Waals surface area contributed by atoms with Gasteiger partial charge >= 0.3 is 6.18 Å². The first-order chi connectivity index (χ1) is 11.4. The van der Waals surface area contributed by atoms with Crippen molar-refractivity contribution < 1.29 is 27.5 Å². The van der Waals surface area contributed by atoms with Crippen molar-refractivity contribution >= 4 is 0 Å². The molecule has 124 valence electrons. The van der Waals surface area contributed by atoms with E-state index in [-0.39, 0.29) is 17.4 Å². The molecule has 1 aromatic heterocycles. The largest absolute Gasteiger partial charge is 0.508 e. The van der Waals surface area contributed by atoms with Crippen LogP contribution in [0.4, 0.5) is 13.2 Å². The number of rotatable bonds is 4. The van der Waals surface area contributed by atoms with E-state index in [1.807, 2.05) is 0 Å². The van der Waals surface area contributed by atoms with Gasteiger partial charge < -0.3 is 14.4 Å². The average Bonchev–Trinajstić information content (AvgIpc) is 3.03. The summed E-state index contributed by atoms with van der Waals surface area (Å²) in [6.45, 7) is -1.35. The second-order valence-corrected chi connectivity index (χ2v) is 4.90. The van der Waals surface area contributed by atoms with Gasteiger partial charge in [0.05, 0.1) is 0 Å². The molecule has 1 N–H and O–H groups in total. The second-order valence-electron chi connectivity index (χ2n) is 4.90. The molecule has 24 heavy (non-hydrogen) atoms. The van der Waals surface area contributed by atoms with Gasteiger partial charge in [0.25, 0.3) is 5.89 Å². The lowest BCUT2D eigenvalue weighted by molar-refractivity contribution is -0.153. The molecule has 8 heteroatoms. The zero-order chi connectivity index (χ0) is 17.2. The fourth-order valence-electron chi connectivity index (χ4n) is 1.93. The Kier molecular flexibility index (Phi) is 4.11. The van der Waals surface area contributed by atoms with Gasteiger partial charge in [0.2, 0.25) is 5.82 Å². The van der Waals surface area contributed by atoms with E-state index < -0.39 is 12.8 Å². The molecule has 3 rings (SSSR count). The van der Waals surface area contributed by atoms with Crippen LogP contribution in [-0.4, -0.2) is 28.0 Å². The fraction of sp³-hybridized carbons (Fsp3) is 0.125. The monoisotopic (exact) mass is 336 g/mol. The molecule has 0 aliphatic rings. The number of aromatic nitrogens is 2. The minimum absolute atomic E-state index is 0.0957. The molecule has 0 atom stereocenters. The summed E-state index contributed by atoms with van der Waals surface area (Å²) in [7, 11) is 0. The van der Waals surface area contributed by atoms with Crippen LogP contribution in [0.5, 0.6) is 11.5 Å². The number of hydrogen-bond acceptors (Lipinski definition) is 5. The lowest BCUT2D eigenvalue weighted by atomic mass is 10.2. The zero-order valence-corrected chi connectivity index (χ0v) is 12.1. The highest BCUT2D eigenvalue weighted by Gasteiger charge is 2.28. The summed E-state index contributed by atoms with van der Waals surface area (Å²) < 4.78 is 46.1. The molecule has 0 bridgehead atoms. The van der Waals surface area contributed by atoms with Crippen molar-refractivity contribution in [3.8, 4) is 34.3 Å². The van der Waals surface area contributed by atoms with E-state index in [1.54, 1.807) is 12.1 Å². The van der Waals surface area contributed by atoms with Crippen LogP contribution < -0.4 is 4.74 Å². The normalized spacial score (nSPS) is 11.5. The van der Waals surface area contributed by atoms with Crippen LogP contribution in [0.25, 0.3) is 22.8 Å². The molecule has 1 heterocycles. The van der Waals surface area contributed by atoms with Gasteiger partial charge in [-0.3, -0.25) is 0 Å². The number of alkyl halides is 3. The van der Waals surface area contributed by atoms with E-state index in [4.69, 9.17) is 4.52 Å². The predicted molar refractivity (Wildman–Crippen MR) is 78.4 cm³/mol. The Balaban J connectivity index is 1.74. The van der Waals surface area contributed by atoms with E-state index in [9.17, 15) is 18.3 Å². The standard InChI is InChI=1S/C16H11F3N2O3/c17-16(18,19)9-23-13-7-3-10(4-8-13)14-20-15(24-21-14)11-1-5-12(22)6-2-11/h1-8,22H,9H2. The van der Waals surface area contributed by atoms with E-state index in [2.05, 4.69) is 14.9 Å². The maximum absolute atomic E-state index is 12.1. The molecule has 3 aromatic rings. The lowest BCUT2D eigenvalue weighted by Gasteiger charge is -2.08. The molecule has 5 nitrogen and oxygen atoms in total. The Morgan fingerprint density at radius 3 is 2.21 bits per heavy atom.